The molecule has 1 saturated carbocycles. The van der Waals surface area contributed by atoms with Gasteiger partial charge in [-0.3, -0.25) is 19.7 Å². The molecule has 2 heterocycles. The summed E-state index contributed by atoms with van der Waals surface area (Å²) in [6, 6.07) is 5.86. The minimum atomic E-state index is -1.13. The number of carbonyl (C=O) groups excluding carboxylic acids is 4. The third kappa shape index (κ3) is 4.59. The van der Waals surface area contributed by atoms with E-state index in [9.17, 15) is 24.3 Å². The fourth-order valence-corrected chi connectivity index (χ4v) is 6.00. The summed E-state index contributed by atoms with van der Waals surface area (Å²) in [5.41, 5.74) is -2.06. The fourth-order valence-electron chi connectivity index (χ4n) is 5.87. The Balaban J connectivity index is 1.44. The number of urea groups is 1. The van der Waals surface area contributed by atoms with Crippen molar-refractivity contribution in [3.8, 4) is 0 Å². The van der Waals surface area contributed by atoms with Crippen molar-refractivity contribution in [2.24, 2.45) is 17.3 Å². The van der Waals surface area contributed by atoms with E-state index in [-0.39, 0.29) is 24.2 Å². The highest BCUT2D eigenvalue weighted by molar-refractivity contribution is 6.30. The maximum atomic E-state index is 13.6. The Labute approximate surface area is 216 Å². The summed E-state index contributed by atoms with van der Waals surface area (Å²) in [4.78, 5) is 52.3. The molecule has 196 valence electrons. The molecule has 9 nitrogen and oxygen atoms in total. The van der Waals surface area contributed by atoms with E-state index >= 15 is 0 Å². The molecule has 0 aromatic heterocycles. The Morgan fingerprint density at radius 3 is 2.39 bits per heavy atom. The molecule has 1 aliphatic carbocycles. The van der Waals surface area contributed by atoms with Gasteiger partial charge in [0.05, 0.1) is 5.60 Å². The summed E-state index contributed by atoms with van der Waals surface area (Å²) in [5.74, 6) is -1.52. The van der Waals surface area contributed by atoms with Gasteiger partial charge in [0.2, 0.25) is 11.8 Å². The average molecular weight is 519 g/mol. The SMILES string of the molecule is CC(C)[C@@H](NC(=O)[C@@H]1CCC2(C1)NC(=O)NC2=O)C(=O)N1CC[C@](O)(c2ccc(Cl)cc2)C(C)(C)C1. The molecule has 1 aromatic carbocycles. The van der Waals surface area contributed by atoms with Crippen LogP contribution in [0.5, 0.6) is 0 Å². The van der Waals surface area contributed by atoms with Crippen molar-refractivity contribution >= 4 is 35.4 Å². The van der Waals surface area contributed by atoms with Crippen molar-refractivity contribution < 1.29 is 24.3 Å². The predicted octanol–water partition coefficient (Wildman–Crippen LogP) is 2.31. The summed E-state index contributed by atoms with van der Waals surface area (Å²) >= 11 is 6.03. The molecule has 2 saturated heterocycles. The van der Waals surface area contributed by atoms with Gasteiger partial charge in [-0.25, -0.2) is 4.79 Å². The molecule has 0 bridgehead atoms. The highest BCUT2D eigenvalue weighted by Gasteiger charge is 2.53. The van der Waals surface area contributed by atoms with Crippen LogP contribution in [0.3, 0.4) is 0 Å². The molecule has 0 radical (unpaired) electrons. The number of amides is 5. The first-order valence-electron chi connectivity index (χ1n) is 12.5. The van der Waals surface area contributed by atoms with Gasteiger partial charge in [-0.2, -0.15) is 0 Å². The van der Waals surface area contributed by atoms with Gasteiger partial charge >= 0.3 is 6.03 Å². The Kier molecular flexibility index (Phi) is 6.85. The molecule has 36 heavy (non-hydrogen) atoms. The standard InChI is InChI=1S/C26H35ClN4O5/c1-15(2)19(28-20(32)16-9-10-25(13-16)22(34)29-23(35)30-25)21(33)31-12-11-26(36,24(3,4)14-31)17-5-7-18(27)8-6-17/h5-8,15-16,19,36H,9-14H2,1-4H3,(H,28,32)(H2,29,30,34,35)/t16-,19-,25?,26+/m1/s1. The van der Waals surface area contributed by atoms with Crippen LogP contribution < -0.4 is 16.0 Å². The lowest BCUT2D eigenvalue weighted by atomic mass is 9.66. The number of hydrogen-bond donors (Lipinski definition) is 4. The Bertz CT molecular complexity index is 1070. The number of halogens is 1. The number of hydrogen-bond acceptors (Lipinski definition) is 5. The van der Waals surface area contributed by atoms with E-state index in [0.717, 1.165) is 5.56 Å². The second-order valence-electron chi connectivity index (χ2n) is 11.4. The fraction of sp³-hybridized carbons (Fsp3) is 0.615. The average Bonchev–Trinajstić information content (AvgIpc) is 3.35. The van der Waals surface area contributed by atoms with Gasteiger partial charge in [-0.15, -0.1) is 0 Å². The number of piperidine rings is 1. The van der Waals surface area contributed by atoms with Gasteiger partial charge in [0.1, 0.15) is 11.6 Å². The van der Waals surface area contributed by atoms with Crippen LogP contribution in [0.25, 0.3) is 0 Å². The molecule has 5 amide bonds. The summed E-state index contributed by atoms with van der Waals surface area (Å²) in [7, 11) is 0. The van der Waals surface area contributed by atoms with Crippen LogP contribution in [0.1, 0.15) is 58.9 Å². The maximum absolute atomic E-state index is 13.6. The van der Waals surface area contributed by atoms with Crippen molar-refractivity contribution in [1.29, 1.82) is 0 Å². The van der Waals surface area contributed by atoms with Gasteiger partial charge in [-0.05, 0) is 49.3 Å². The zero-order valence-corrected chi connectivity index (χ0v) is 21.9. The van der Waals surface area contributed by atoms with Gasteiger partial charge in [0, 0.05) is 29.4 Å². The van der Waals surface area contributed by atoms with Crippen LogP contribution in [0, 0.1) is 17.3 Å². The van der Waals surface area contributed by atoms with Crippen molar-refractivity contribution in [2.75, 3.05) is 13.1 Å². The lowest BCUT2D eigenvalue weighted by Crippen LogP contribution is -2.60. The number of nitrogens with zero attached hydrogens (tertiary/aromatic N) is 1. The minimum Gasteiger partial charge on any atom is -0.384 e. The summed E-state index contributed by atoms with van der Waals surface area (Å²) in [5, 5.41) is 20.0. The van der Waals surface area contributed by atoms with Crippen LogP contribution in [-0.4, -0.2) is 58.4 Å². The highest BCUT2D eigenvalue weighted by atomic mass is 35.5. The second-order valence-corrected chi connectivity index (χ2v) is 11.9. The third-order valence-electron chi connectivity index (χ3n) is 8.21. The molecule has 1 unspecified atom stereocenters. The molecule has 4 N–H and O–H groups in total. The minimum absolute atomic E-state index is 0.161. The van der Waals surface area contributed by atoms with E-state index in [1.54, 1.807) is 17.0 Å². The smallest absolute Gasteiger partial charge is 0.322 e. The first kappa shape index (κ1) is 26.4. The number of imide groups is 1. The van der Waals surface area contributed by atoms with E-state index in [0.29, 0.717) is 37.4 Å². The molecule has 10 heteroatoms. The van der Waals surface area contributed by atoms with Gasteiger partial charge in [0.15, 0.2) is 0 Å². The third-order valence-corrected chi connectivity index (χ3v) is 8.46. The second kappa shape index (κ2) is 9.34. The first-order valence-corrected chi connectivity index (χ1v) is 12.9. The molecule has 2 aliphatic heterocycles. The molecule has 1 spiro atoms. The lowest BCUT2D eigenvalue weighted by molar-refractivity contribution is -0.157. The van der Waals surface area contributed by atoms with E-state index < -0.39 is 40.5 Å². The van der Waals surface area contributed by atoms with Crippen molar-refractivity contribution in [3.63, 3.8) is 0 Å². The summed E-state index contributed by atoms with van der Waals surface area (Å²) < 4.78 is 0. The Morgan fingerprint density at radius 1 is 1.17 bits per heavy atom. The highest BCUT2D eigenvalue weighted by Crippen LogP contribution is 2.46. The number of carbonyl (C=O) groups is 4. The zero-order chi connectivity index (χ0) is 26.5. The van der Waals surface area contributed by atoms with E-state index in [1.807, 2.05) is 39.8 Å². The van der Waals surface area contributed by atoms with Crippen LogP contribution >= 0.6 is 11.6 Å². The van der Waals surface area contributed by atoms with Crippen LogP contribution in [0.2, 0.25) is 5.02 Å². The monoisotopic (exact) mass is 518 g/mol. The van der Waals surface area contributed by atoms with E-state index in [2.05, 4.69) is 16.0 Å². The molecule has 1 aromatic rings. The normalized spacial score (nSPS) is 30.3. The number of aliphatic hydroxyl groups is 1. The van der Waals surface area contributed by atoms with Crippen molar-refractivity contribution in [2.45, 2.75) is 70.6 Å². The quantitative estimate of drug-likeness (QED) is 0.445. The van der Waals surface area contributed by atoms with Crippen molar-refractivity contribution in [1.82, 2.24) is 20.9 Å². The molecule has 3 aliphatic rings. The Hall–Kier alpha value is -2.65. The molecule has 3 fully saturated rings. The first-order chi connectivity index (χ1) is 16.8. The number of nitrogens with one attached hydrogen (secondary N) is 3. The molecule has 4 rings (SSSR count). The number of likely N-dealkylation sites (tertiary alicyclic amines) is 1. The molecular formula is C26H35ClN4O5. The van der Waals surface area contributed by atoms with Crippen LogP contribution in [-0.2, 0) is 20.0 Å². The Morgan fingerprint density at radius 2 is 1.83 bits per heavy atom. The van der Waals surface area contributed by atoms with Gasteiger partial charge in [0.25, 0.3) is 5.91 Å². The zero-order valence-electron chi connectivity index (χ0n) is 21.2. The summed E-state index contributed by atoms with van der Waals surface area (Å²) in [6.07, 6.45) is 1.39. The summed E-state index contributed by atoms with van der Waals surface area (Å²) in [6.45, 7) is 8.29. The van der Waals surface area contributed by atoms with Crippen molar-refractivity contribution in [3.05, 3.63) is 34.9 Å². The van der Waals surface area contributed by atoms with Gasteiger partial charge in [-0.1, -0.05) is 51.4 Å². The number of benzene rings is 1. The lowest BCUT2D eigenvalue weighted by Gasteiger charge is -2.51. The van der Waals surface area contributed by atoms with Crippen LogP contribution in [0.4, 0.5) is 4.79 Å². The number of rotatable bonds is 5. The van der Waals surface area contributed by atoms with E-state index in [1.165, 1.54) is 0 Å². The largest absolute Gasteiger partial charge is 0.384 e. The van der Waals surface area contributed by atoms with Crippen LogP contribution in [0.15, 0.2) is 24.3 Å². The van der Waals surface area contributed by atoms with E-state index in [4.69, 9.17) is 11.6 Å². The molecular weight excluding hydrogens is 484 g/mol. The topological polar surface area (TPSA) is 128 Å². The molecule has 4 atom stereocenters. The maximum Gasteiger partial charge on any atom is 0.322 e. The van der Waals surface area contributed by atoms with Gasteiger partial charge < -0.3 is 20.6 Å². The predicted molar refractivity (Wildman–Crippen MR) is 134 cm³/mol.